The molecule has 0 bridgehead atoms. The minimum absolute atomic E-state index is 0.237. The van der Waals surface area contributed by atoms with Gasteiger partial charge in [-0.05, 0) is 19.1 Å². The quantitative estimate of drug-likeness (QED) is 0.338. The van der Waals surface area contributed by atoms with Gasteiger partial charge in [0.1, 0.15) is 5.71 Å². The Morgan fingerprint density at radius 1 is 1.47 bits per heavy atom. The highest BCUT2D eigenvalue weighted by Gasteiger charge is 2.04. The van der Waals surface area contributed by atoms with E-state index in [4.69, 9.17) is 5.73 Å². The third-order valence-electron chi connectivity index (χ3n) is 1.79. The largest absolute Gasteiger partial charge is 0.464 e. The summed E-state index contributed by atoms with van der Waals surface area (Å²) in [6, 6.07) is 7.15. The van der Waals surface area contributed by atoms with E-state index in [0.29, 0.717) is 11.4 Å². The van der Waals surface area contributed by atoms with E-state index >= 15 is 0 Å². The van der Waals surface area contributed by atoms with Crippen molar-refractivity contribution in [2.45, 2.75) is 6.92 Å². The number of anilines is 2. The number of nitrogens with one attached hydrogen (secondary N) is 1. The monoisotopic (exact) mass is 207 g/mol. The topological polar surface area (TPSA) is 76.7 Å². The van der Waals surface area contributed by atoms with E-state index in [1.807, 2.05) is 12.1 Å². The average molecular weight is 207 g/mol. The van der Waals surface area contributed by atoms with Crippen LogP contribution in [0.3, 0.4) is 0 Å². The number of benzene rings is 1. The van der Waals surface area contributed by atoms with Crippen molar-refractivity contribution in [1.82, 2.24) is 0 Å². The highest BCUT2D eigenvalue weighted by Crippen LogP contribution is 2.16. The Labute approximate surface area is 87.9 Å². The van der Waals surface area contributed by atoms with Crippen molar-refractivity contribution in [3.05, 3.63) is 24.3 Å². The normalized spacial score (nSPS) is 10.9. The number of esters is 1. The zero-order valence-corrected chi connectivity index (χ0v) is 8.65. The summed E-state index contributed by atoms with van der Waals surface area (Å²) in [7, 11) is 1.30. The smallest absolute Gasteiger partial charge is 0.353 e. The second-order valence-electron chi connectivity index (χ2n) is 2.89. The molecule has 15 heavy (non-hydrogen) atoms. The van der Waals surface area contributed by atoms with Crippen LogP contribution in [0.4, 0.5) is 11.4 Å². The Hall–Kier alpha value is -2.04. The summed E-state index contributed by atoms with van der Waals surface area (Å²) in [4.78, 5) is 11.0. The van der Waals surface area contributed by atoms with Crippen LogP contribution in [0.5, 0.6) is 0 Å². The first kappa shape index (κ1) is 11.0. The fourth-order valence-corrected chi connectivity index (χ4v) is 0.936. The number of hydrazone groups is 1. The maximum atomic E-state index is 11.0. The molecule has 0 aromatic heterocycles. The minimum Gasteiger partial charge on any atom is -0.464 e. The van der Waals surface area contributed by atoms with Gasteiger partial charge >= 0.3 is 5.97 Å². The molecule has 0 amide bonds. The standard InChI is InChI=1S/C10H13N3O2/c1-7(10(14)15-2)12-13-9-6-4-3-5-8(9)11/h3-6,13H,11H2,1-2H3/b12-7-. The van der Waals surface area contributed by atoms with Crippen molar-refractivity contribution in [2.24, 2.45) is 5.10 Å². The van der Waals surface area contributed by atoms with E-state index in [9.17, 15) is 4.79 Å². The van der Waals surface area contributed by atoms with Crippen LogP contribution >= 0.6 is 0 Å². The van der Waals surface area contributed by atoms with Crippen LogP contribution in [0.15, 0.2) is 29.4 Å². The lowest BCUT2D eigenvalue weighted by Gasteiger charge is -2.04. The summed E-state index contributed by atoms with van der Waals surface area (Å²) in [5.41, 5.74) is 9.82. The molecule has 1 aromatic rings. The van der Waals surface area contributed by atoms with Gasteiger partial charge in [0.2, 0.25) is 0 Å². The molecule has 1 aromatic carbocycles. The first-order chi connectivity index (χ1) is 7.15. The summed E-state index contributed by atoms with van der Waals surface area (Å²) >= 11 is 0. The number of para-hydroxylation sites is 2. The maximum Gasteiger partial charge on any atom is 0.353 e. The van der Waals surface area contributed by atoms with E-state index in [1.165, 1.54) is 7.11 Å². The fourth-order valence-electron chi connectivity index (χ4n) is 0.936. The zero-order valence-electron chi connectivity index (χ0n) is 8.65. The molecular weight excluding hydrogens is 194 g/mol. The molecule has 0 atom stereocenters. The van der Waals surface area contributed by atoms with E-state index in [0.717, 1.165) is 0 Å². The van der Waals surface area contributed by atoms with E-state index in [-0.39, 0.29) is 5.71 Å². The number of carbonyl (C=O) groups is 1. The first-order valence-electron chi connectivity index (χ1n) is 4.38. The number of nitrogen functional groups attached to an aromatic ring is 1. The molecule has 0 radical (unpaired) electrons. The van der Waals surface area contributed by atoms with E-state index in [1.54, 1.807) is 19.1 Å². The molecule has 0 heterocycles. The second kappa shape index (κ2) is 4.99. The molecule has 0 saturated heterocycles. The number of carbonyl (C=O) groups excluding carboxylic acids is 1. The number of nitrogens with two attached hydrogens (primary N) is 1. The maximum absolute atomic E-state index is 11.0. The van der Waals surface area contributed by atoms with Crippen molar-refractivity contribution in [3.8, 4) is 0 Å². The molecule has 0 unspecified atom stereocenters. The average Bonchev–Trinajstić information content (AvgIpc) is 2.26. The number of hydrogen-bond acceptors (Lipinski definition) is 5. The lowest BCUT2D eigenvalue weighted by Crippen LogP contribution is -2.13. The van der Waals surface area contributed by atoms with Gasteiger partial charge in [0.15, 0.2) is 0 Å². The number of nitrogens with zero attached hydrogens (tertiary/aromatic N) is 1. The first-order valence-corrected chi connectivity index (χ1v) is 4.38. The SMILES string of the molecule is COC(=O)/C(C)=N\Nc1ccccc1N. The lowest BCUT2D eigenvalue weighted by atomic mass is 10.3. The summed E-state index contributed by atoms with van der Waals surface area (Å²) in [5.74, 6) is -0.475. The fraction of sp³-hybridized carbons (Fsp3) is 0.200. The second-order valence-corrected chi connectivity index (χ2v) is 2.89. The van der Waals surface area contributed by atoms with Crippen LogP contribution in [0.2, 0.25) is 0 Å². The summed E-state index contributed by atoms with van der Waals surface area (Å²) < 4.78 is 4.49. The van der Waals surface area contributed by atoms with Crippen LogP contribution in [-0.2, 0) is 9.53 Å². The Morgan fingerprint density at radius 3 is 2.73 bits per heavy atom. The summed E-state index contributed by atoms with van der Waals surface area (Å²) in [6.45, 7) is 1.55. The van der Waals surface area contributed by atoms with Crippen LogP contribution < -0.4 is 11.2 Å². The molecule has 3 N–H and O–H groups in total. The van der Waals surface area contributed by atoms with Gasteiger partial charge in [-0.25, -0.2) is 4.79 Å². The van der Waals surface area contributed by atoms with Crippen LogP contribution in [0.25, 0.3) is 0 Å². The Balaban J connectivity index is 2.72. The zero-order chi connectivity index (χ0) is 11.3. The summed E-state index contributed by atoms with van der Waals surface area (Å²) in [5, 5.41) is 3.84. The molecule has 1 rings (SSSR count). The molecule has 5 nitrogen and oxygen atoms in total. The van der Waals surface area contributed by atoms with Gasteiger partial charge in [0.05, 0.1) is 18.5 Å². The molecule has 0 aliphatic carbocycles. The van der Waals surface area contributed by atoms with Crippen molar-refractivity contribution in [2.75, 3.05) is 18.3 Å². The van der Waals surface area contributed by atoms with Crippen molar-refractivity contribution >= 4 is 23.1 Å². The number of hydrogen-bond donors (Lipinski definition) is 2. The van der Waals surface area contributed by atoms with Crippen LogP contribution in [0, 0.1) is 0 Å². The molecule has 0 aliphatic heterocycles. The Morgan fingerprint density at radius 2 is 2.13 bits per heavy atom. The molecule has 0 aliphatic rings. The van der Waals surface area contributed by atoms with Crippen LogP contribution in [0.1, 0.15) is 6.92 Å². The Kier molecular flexibility index (Phi) is 3.68. The molecule has 0 spiro atoms. The van der Waals surface area contributed by atoms with Gasteiger partial charge in [-0.15, -0.1) is 0 Å². The number of ether oxygens (including phenoxy) is 1. The number of methoxy groups -OCH3 is 1. The molecule has 80 valence electrons. The van der Waals surface area contributed by atoms with Gasteiger partial charge in [-0.2, -0.15) is 5.10 Å². The van der Waals surface area contributed by atoms with Crippen molar-refractivity contribution < 1.29 is 9.53 Å². The van der Waals surface area contributed by atoms with Gasteiger partial charge < -0.3 is 10.5 Å². The number of rotatable bonds is 3. The minimum atomic E-state index is -0.475. The predicted molar refractivity (Wildman–Crippen MR) is 59.6 cm³/mol. The highest BCUT2D eigenvalue weighted by molar-refractivity contribution is 6.35. The Bertz CT molecular complexity index is 388. The lowest BCUT2D eigenvalue weighted by molar-refractivity contribution is -0.132. The van der Waals surface area contributed by atoms with Gasteiger partial charge in [0, 0.05) is 0 Å². The third kappa shape index (κ3) is 2.98. The molecule has 0 fully saturated rings. The van der Waals surface area contributed by atoms with Gasteiger partial charge in [0.25, 0.3) is 0 Å². The van der Waals surface area contributed by atoms with Gasteiger partial charge in [-0.1, -0.05) is 12.1 Å². The van der Waals surface area contributed by atoms with E-state index in [2.05, 4.69) is 15.3 Å². The van der Waals surface area contributed by atoms with Crippen molar-refractivity contribution in [1.29, 1.82) is 0 Å². The van der Waals surface area contributed by atoms with Crippen molar-refractivity contribution in [3.63, 3.8) is 0 Å². The van der Waals surface area contributed by atoms with Crippen LogP contribution in [-0.4, -0.2) is 18.8 Å². The van der Waals surface area contributed by atoms with Gasteiger partial charge in [-0.3, -0.25) is 5.43 Å². The summed E-state index contributed by atoms with van der Waals surface area (Å²) in [6.07, 6.45) is 0. The molecular formula is C10H13N3O2. The predicted octanol–water partition coefficient (Wildman–Crippen LogP) is 1.23. The molecule has 5 heteroatoms. The molecule has 0 saturated carbocycles. The third-order valence-corrected chi connectivity index (χ3v) is 1.79. The highest BCUT2D eigenvalue weighted by atomic mass is 16.5. The van der Waals surface area contributed by atoms with E-state index < -0.39 is 5.97 Å².